The predicted octanol–water partition coefficient (Wildman–Crippen LogP) is 4.98. The predicted molar refractivity (Wildman–Crippen MR) is 126 cm³/mol. The number of benzene rings is 1. The van der Waals surface area contributed by atoms with Gasteiger partial charge in [0.15, 0.2) is 0 Å². The van der Waals surface area contributed by atoms with Crippen LogP contribution in [0.2, 0.25) is 0 Å². The second-order valence-corrected chi connectivity index (χ2v) is 10.0. The van der Waals surface area contributed by atoms with Gasteiger partial charge in [0.1, 0.15) is 16.3 Å². The van der Waals surface area contributed by atoms with Gasteiger partial charge in [0, 0.05) is 10.4 Å². The Labute approximate surface area is 197 Å². The number of methoxy groups -OCH3 is 1. The van der Waals surface area contributed by atoms with Crippen LogP contribution in [0.4, 0.5) is 5.00 Å². The second kappa shape index (κ2) is 9.55. The van der Waals surface area contributed by atoms with Crippen molar-refractivity contribution in [3.05, 3.63) is 34.7 Å². The van der Waals surface area contributed by atoms with Crippen LogP contribution in [0.1, 0.15) is 47.8 Å². The number of carboxylic acids is 1. The number of fused-ring (bicyclic) bond motifs is 2. The van der Waals surface area contributed by atoms with Crippen LogP contribution < -0.4 is 10.1 Å². The van der Waals surface area contributed by atoms with Gasteiger partial charge in [-0.15, -0.1) is 11.3 Å². The smallest absolute Gasteiger partial charge is 0.341 e. The number of hydrogen-bond acceptors (Lipinski definition) is 6. The number of esters is 1. The Hall–Kier alpha value is -2.87. The van der Waals surface area contributed by atoms with Gasteiger partial charge in [0.25, 0.3) is 0 Å². The summed E-state index contributed by atoms with van der Waals surface area (Å²) in [6.45, 7) is 4.09. The number of carbonyl (C=O) groups excluding carboxylic acids is 2. The summed E-state index contributed by atoms with van der Waals surface area (Å²) >= 11 is 1.31. The number of carboxylic acid groups (broad SMARTS) is 1. The lowest BCUT2D eigenvalue weighted by Crippen LogP contribution is -2.38. The van der Waals surface area contributed by atoms with E-state index < -0.39 is 23.8 Å². The molecule has 0 saturated heterocycles. The molecule has 176 valence electrons. The molecule has 0 aliphatic heterocycles. The molecule has 2 aliphatic rings. The van der Waals surface area contributed by atoms with E-state index in [0.717, 1.165) is 29.7 Å². The number of ether oxygens (including phenoxy) is 2. The minimum atomic E-state index is -0.911. The fourth-order valence-corrected chi connectivity index (χ4v) is 6.49. The third-order valence-electron chi connectivity index (χ3n) is 6.85. The Morgan fingerprint density at radius 3 is 2.39 bits per heavy atom. The van der Waals surface area contributed by atoms with E-state index in [2.05, 4.69) is 5.32 Å². The Balaban J connectivity index is 1.69. The average molecular weight is 472 g/mol. The molecule has 1 amide bonds. The first-order valence-corrected chi connectivity index (χ1v) is 12.2. The van der Waals surface area contributed by atoms with Crippen molar-refractivity contribution < 1.29 is 29.0 Å². The van der Waals surface area contributed by atoms with Crippen LogP contribution in [0, 0.1) is 30.6 Å². The van der Waals surface area contributed by atoms with E-state index in [4.69, 9.17) is 9.47 Å². The van der Waals surface area contributed by atoms with Crippen molar-refractivity contribution in [3.8, 4) is 16.9 Å². The van der Waals surface area contributed by atoms with Crippen LogP contribution in [-0.4, -0.2) is 36.7 Å². The highest BCUT2D eigenvalue weighted by molar-refractivity contribution is 7.17. The molecule has 4 rings (SSSR count). The second-order valence-electron chi connectivity index (χ2n) is 8.81. The fraction of sp³-hybridized carbons (Fsp3) is 0.480. The van der Waals surface area contributed by atoms with Gasteiger partial charge in [-0.1, -0.05) is 19.1 Å². The van der Waals surface area contributed by atoms with Crippen molar-refractivity contribution in [2.24, 2.45) is 23.7 Å². The molecule has 0 unspecified atom stereocenters. The van der Waals surface area contributed by atoms with Gasteiger partial charge in [-0.05, 0) is 62.1 Å². The number of aryl methyl sites for hydroxylation is 1. The molecule has 4 atom stereocenters. The maximum Gasteiger partial charge on any atom is 0.341 e. The van der Waals surface area contributed by atoms with Crippen LogP contribution in [-0.2, 0) is 14.3 Å². The number of anilines is 1. The minimum absolute atomic E-state index is 0.0529. The first-order chi connectivity index (χ1) is 15.8. The number of aliphatic carboxylic acids is 1. The normalized spacial score (nSPS) is 23.4. The van der Waals surface area contributed by atoms with Crippen molar-refractivity contribution in [1.82, 2.24) is 0 Å². The molecule has 0 radical (unpaired) electrons. The molecule has 2 N–H and O–H groups in total. The Kier molecular flexibility index (Phi) is 6.74. The number of nitrogens with one attached hydrogen (secondary N) is 1. The highest BCUT2D eigenvalue weighted by atomic mass is 32.1. The quantitative estimate of drug-likeness (QED) is 0.526. The SMILES string of the molecule is CCCOC(=O)c1c(NC(=O)[C@@H]2[C@H]3CC[C@@H](C3)[C@@H]2C(=O)O)sc(C)c1-c1ccc(OC)cc1. The highest BCUT2D eigenvalue weighted by Gasteiger charge is 2.54. The van der Waals surface area contributed by atoms with Crippen molar-refractivity contribution in [1.29, 1.82) is 0 Å². The maximum absolute atomic E-state index is 13.3. The largest absolute Gasteiger partial charge is 0.497 e. The lowest BCUT2D eigenvalue weighted by Gasteiger charge is -2.27. The number of amides is 1. The molecule has 7 nitrogen and oxygen atoms in total. The van der Waals surface area contributed by atoms with Crippen molar-refractivity contribution in [3.63, 3.8) is 0 Å². The van der Waals surface area contributed by atoms with Gasteiger partial charge in [0.05, 0.1) is 25.6 Å². The average Bonchev–Trinajstić information content (AvgIpc) is 3.50. The van der Waals surface area contributed by atoms with E-state index in [0.29, 0.717) is 28.3 Å². The molecule has 2 bridgehead atoms. The molecule has 2 fully saturated rings. The van der Waals surface area contributed by atoms with E-state index in [-0.39, 0.29) is 24.3 Å². The summed E-state index contributed by atoms with van der Waals surface area (Å²) in [6, 6.07) is 7.37. The summed E-state index contributed by atoms with van der Waals surface area (Å²) in [7, 11) is 1.59. The summed E-state index contributed by atoms with van der Waals surface area (Å²) < 4.78 is 10.7. The molecule has 1 heterocycles. The monoisotopic (exact) mass is 471 g/mol. The zero-order valence-electron chi connectivity index (χ0n) is 19.1. The van der Waals surface area contributed by atoms with Gasteiger partial charge in [-0.3, -0.25) is 9.59 Å². The zero-order chi connectivity index (χ0) is 23.7. The van der Waals surface area contributed by atoms with Gasteiger partial charge in [-0.25, -0.2) is 4.79 Å². The molecule has 2 aromatic rings. The highest BCUT2D eigenvalue weighted by Crippen LogP contribution is 2.53. The summed E-state index contributed by atoms with van der Waals surface area (Å²) in [5.74, 6) is -2.14. The van der Waals surface area contributed by atoms with Gasteiger partial charge in [0.2, 0.25) is 5.91 Å². The maximum atomic E-state index is 13.3. The molecular weight excluding hydrogens is 442 g/mol. The zero-order valence-corrected chi connectivity index (χ0v) is 19.9. The molecule has 0 spiro atoms. The van der Waals surface area contributed by atoms with Crippen molar-refractivity contribution in [2.75, 3.05) is 19.0 Å². The van der Waals surface area contributed by atoms with E-state index in [9.17, 15) is 19.5 Å². The van der Waals surface area contributed by atoms with Crippen LogP contribution in [0.3, 0.4) is 0 Å². The molecule has 1 aromatic heterocycles. The standard InChI is InChI=1S/C25H29NO6S/c1-4-11-32-25(30)21-18(14-7-9-17(31-3)10-8-14)13(2)33-23(21)26-22(27)19-15-5-6-16(12-15)20(19)24(28)29/h7-10,15-16,19-20H,4-6,11-12H2,1-3H3,(H,26,27)(H,28,29)/t15-,16-,19+,20-/m0/s1. The summed E-state index contributed by atoms with van der Waals surface area (Å²) in [5.41, 5.74) is 1.85. The van der Waals surface area contributed by atoms with Crippen LogP contribution in [0.15, 0.2) is 24.3 Å². The van der Waals surface area contributed by atoms with Crippen LogP contribution in [0.25, 0.3) is 11.1 Å². The molecule has 2 aliphatic carbocycles. The van der Waals surface area contributed by atoms with Crippen LogP contribution >= 0.6 is 11.3 Å². The van der Waals surface area contributed by atoms with E-state index in [1.54, 1.807) is 7.11 Å². The lowest BCUT2D eigenvalue weighted by molar-refractivity contribution is -0.148. The van der Waals surface area contributed by atoms with Gasteiger partial charge >= 0.3 is 11.9 Å². The third-order valence-corrected chi connectivity index (χ3v) is 7.87. The number of rotatable bonds is 8. The summed E-state index contributed by atoms with van der Waals surface area (Å²) in [6.07, 6.45) is 3.19. The first kappa shape index (κ1) is 23.3. The van der Waals surface area contributed by atoms with Gasteiger partial charge in [-0.2, -0.15) is 0 Å². The number of carbonyl (C=O) groups is 3. The van der Waals surface area contributed by atoms with E-state index in [1.807, 2.05) is 38.1 Å². The van der Waals surface area contributed by atoms with Crippen LogP contribution in [0.5, 0.6) is 5.75 Å². The van der Waals surface area contributed by atoms with E-state index >= 15 is 0 Å². The topological polar surface area (TPSA) is 102 Å². The summed E-state index contributed by atoms with van der Waals surface area (Å²) in [4.78, 5) is 39.1. The Morgan fingerprint density at radius 2 is 1.79 bits per heavy atom. The van der Waals surface area contributed by atoms with Crippen molar-refractivity contribution >= 4 is 34.2 Å². The third kappa shape index (κ3) is 4.36. The molecule has 2 saturated carbocycles. The van der Waals surface area contributed by atoms with E-state index in [1.165, 1.54) is 11.3 Å². The van der Waals surface area contributed by atoms with Crippen molar-refractivity contribution in [2.45, 2.75) is 39.5 Å². The molecule has 1 aromatic carbocycles. The Bertz CT molecular complexity index is 1060. The molecule has 33 heavy (non-hydrogen) atoms. The first-order valence-electron chi connectivity index (χ1n) is 11.3. The lowest BCUT2D eigenvalue weighted by atomic mass is 9.78. The fourth-order valence-electron chi connectivity index (χ4n) is 5.42. The number of hydrogen-bond donors (Lipinski definition) is 2. The summed E-state index contributed by atoms with van der Waals surface area (Å²) in [5, 5.41) is 13.1. The Morgan fingerprint density at radius 1 is 1.12 bits per heavy atom. The number of thiophene rings is 1. The minimum Gasteiger partial charge on any atom is -0.497 e. The van der Waals surface area contributed by atoms with Gasteiger partial charge < -0.3 is 19.9 Å². The molecular formula is C25H29NO6S. The molecule has 8 heteroatoms.